The summed E-state index contributed by atoms with van der Waals surface area (Å²) < 4.78 is 0. The Morgan fingerprint density at radius 2 is 1.41 bits per heavy atom. The number of hydrogen-bond donors (Lipinski definition) is 2. The van der Waals surface area contributed by atoms with Crippen molar-refractivity contribution in [2.45, 2.75) is 71.1 Å². The van der Waals surface area contributed by atoms with Gasteiger partial charge in [0.25, 0.3) is 5.91 Å². The van der Waals surface area contributed by atoms with Crippen molar-refractivity contribution in [2.75, 3.05) is 12.3 Å². The van der Waals surface area contributed by atoms with Gasteiger partial charge in [-0.3, -0.25) is 19.3 Å². The molecule has 150 valence electrons. The smallest absolute Gasteiger partial charge is 0.323 e. The molecule has 0 aliphatic rings. The van der Waals surface area contributed by atoms with Gasteiger partial charge in [-0.25, -0.2) is 0 Å². The molecule has 0 saturated carbocycles. The van der Waals surface area contributed by atoms with Crippen molar-refractivity contribution in [1.29, 1.82) is 0 Å². The van der Waals surface area contributed by atoms with E-state index < -0.39 is 24.3 Å². The van der Waals surface area contributed by atoms with E-state index in [-0.39, 0.29) is 12.0 Å². The molecule has 6 heteroatoms. The van der Waals surface area contributed by atoms with E-state index in [0.717, 1.165) is 24.2 Å². The molecule has 0 fully saturated rings. The molecule has 0 saturated heterocycles. The maximum atomic E-state index is 12.5. The Kier molecular flexibility index (Phi) is 10.8. The lowest BCUT2D eigenvalue weighted by molar-refractivity contribution is -0.142. The minimum Gasteiger partial charge on any atom is -0.480 e. The van der Waals surface area contributed by atoms with Crippen LogP contribution in [0.2, 0.25) is 0 Å². The van der Waals surface area contributed by atoms with Gasteiger partial charge in [0.15, 0.2) is 0 Å². The van der Waals surface area contributed by atoms with E-state index in [0.29, 0.717) is 12.1 Å². The number of unbranched alkanes of at least 4 members (excludes halogenated alkanes) is 8. The lowest BCUT2D eigenvalue weighted by atomic mass is 10.1. The first kappa shape index (κ1) is 22.7. The molecule has 2 amide bonds. The van der Waals surface area contributed by atoms with Gasteiger partial charge in [-0.2, -0.15) is 0 Å². The van der Waals surface area contributed by atoms with Crippen molar-refractivity contribution >= 4 is 23.5 Å². The summed E-state index contributed by atoms with van der Waals surface area (Å²) >= 11 is 0. The zero-order valence-corrected chi connectivity index (χ0v) is 16.3. The van der Waals surface area contributed by atoms with E-state index in [9.17, 15) is 14.4 Å². The summed E-state index contributed by atoms with van der Waals surface area (Å²) in [4.78, 5) is 36.8. The average Bonchev–Trinajstić information content (AvgIpc) is 2.64. The first-order valence-electron chi connectivity index (χ1n) is 9.87. The summed E-state index contributed by atoms with van der Waals surface area (Å²) in [6.07, 6.45) is 10.3. The molecule has 0 spiro atoms. The topological polar surface area (TPSA) is 101 Å². The standard InChI is InChI=1S/C21H32N2O4/c1-2-3-4-5-6-7-8-9-10-11-19(24)23(16-20(25)26)21(27)17-12-14-18(22)15-13-17/h12-15H,2-11,16,22H2,1H3,(H,25,26). The number of imide groups is 1. The second-order valence-corrected chi connectivity index (χ2v) is 6.88. The Balaban J connectivity index is 2.43. The molecule has 0 aliphatic carbocycles. The number of amides is 2. The summed E-state index contributed by atoms with van der Waals surface area (Å²) in [6, 6.07) is 6.10. The quantitative estimate of drug-likeness (QED) is 0.396. The van der Waals surface area contributed by atoms with Crippen LogP contribution >= 0.6 is 0 Å². The molecule has 1 aromatic carbocycles. The number of aliphatic carboxylic acids is 1. The fourth-order valence-electron chi connectivity index (χ4n) is 2.91. The third-order valence-electron chi connectivity index (χ3n) is 4.49. The third kappa shape index (κ3) is 9.22. The van der Waals surface area contributed by atoms with Crippen molar-refractivity contribution in [2.24, 2.45) is 0 Å². The summed E-state index contributed by atoms with van der Waals surface area (Å²) in [6.45, 7) is 1.57. The number of rotatable bonds is 13. The maximum absolute atomic E-state index is 12.5. The Morgan fingerprint density at radius 1 is 0.889 bits per heavy atom. The zero-order valence-electron chi connectivity index (χ0n) is 16.3. The largest absolute Gasteiger partial charge is 0.480 e. The van der Waals surface area contributed by atoms with Gasteiger partial charge < -0.3 is 10.8 Å². The molecule has 0 heterocycles. The molecule has 0 unspecified atom stereocenters. The van der Waals surface area contributed by atoms with Crippen molar-refractivity contribution < 1.29 is 19.5 Å². The molecule has 1 rings (SSSR count). The number of hydrogen-bond acceptors (Lipinski definition) is 4. The third-order valence-corrected chi connectivity index (χ3v) is 4.49. The van der Waals surface area contributed by atoms with Crippen LogP contribution in [-0.4, -0.2) is 34.3 Å². The molecule has 27 heavy (non-hydrogen) atoms. The van der Waals surface area contributed by atoms with Crippen LogP contribution in [0, 0.1) is 0 Å². The molecule has 3 N–H and O–H groups in total. The molecule has 0 bridgehead atoms. The molecule has 6 nitrogen and oxygen atoms in total. The van der Waals surface area contributed by atoms with Gasteiger partial charge >= 0.3 is 5.97 Å². The van der Waals surface area contributed by atoms with Gasteiger partial charge in [-0.15, -0.1) is 0 Å². The van der Waals surface area contributed by atoms with Gasteiger partial charge in [0, 0.05) is 17.7 Å². The number of carboxylic acids is 1. The van der Waals surface area contributed by atoms with Gasteiger partial charge in [-0.05, 0) is 30.7 Å². The van der Waals surface area contributed by atoms with Crippen LogP contribution in [0.15, 0.2) is 24.3 Å². The monoisotopic (exact) mass is 376 g/mol. The van der Waals surface area contributed by atoms with Gasteiger partial charge in [-0.1, -0.05) is 58.3 Å². The van der Waals surface area contributed by atoms with Crippen LogP contribution in [0.3, 0.4) is 0 Å². The summed E-state index contributed by atoms with van der Waals surface area (Å²) in [7, 11) is 0. The molecular weight excluding hydrogens is 344 g/mol. The summed E-state index contributed by atoms with van der Waals surface area (Å²) in [5.74, 6) is -2.25. The SMILES string of the molecule is CCCCCCCCCCCC(=O)N(CC(=O)O)C(=O)c1ccc(N)cc1. The lowest BCUT2D eigenvalue weighted by Gasteiger charge is -2.19. The zero-order chi connectivity index (χ0) is 20.1. The predicted molar refractivity (Wildman–Crippen MR) is 106 cm³/mol. The first-order valence-corrected chi connectivity index (χ1v) is 9.87. The molecule has 0 atom stereocenters. The highest BCUT2D eigenvalue weighted by atomic mass is 16.4. The molecular formula is C21H32N2O4. The van der Waals surface area contributed by atoms with Gasteiger partial charge in [0.1, 0.15) is 6.54 Å². The molecule has 0 aromatic heterocycles. The number of carboxylic acid groups (broad SMARTS) is 1. The summed E-state index contributed by atoms with van der Waals surface area (Å²) in [5, 5.41) is 9.04. The van der Waals surface area contributed by atoms with Crippen LogP contribution in [0.1, 0.15) is 81.5 Å². The van der Waals surface area contributed by atoms with E-state index >= 15 is 0 Å². The second-order valence-electron chi connectivity index (χ2n) is 6.88. The van der Waals surface area contributed by atoms with E-state index in [4.69, 9.17) is 10.8 Å². The predicted octanol–water partition coefficient (Wildman–Crippen LogP) is 4.24. The summed E-state index contributed by atoms with van der Waals surface area (Å²) in [5.41, 5.74) is 6.35. The number of carbonyl (C=O) groups is 3. The highest BCUT2D eigenvalue weighted by Crippen LogP contribution is 2.13. The average molecular weight is 376 g/mol. The van der Waals surface area contributed by atoms with Crippen LogP contribution in [0.25, 0.3) is 0 Å². The molecule has 0 radical (unpaired) electrons. The molecule has 1 aromatic rings. The van der Waals surface area contributed by atoms with E-state index in [1.165, 1.54) is 44.2 Å². The minimum absolute atomic E-state index is 0.184. The van der Waals surface area contributed by atoms with Crippen molar-refractivity contribution in [3.05, 3.63) is 29.8 Å². The van der Waals surface area contributed by atoms with Gasteiger partial charge in [0.05, 0.1) is 0 Å². The Labute approximate surface area is 161 Å². The highest BCUT2D eigenvalue weighted by molar-refractivity contribution is 6.06. The van der Waals surface area contributed by atoms with Gasteiger partial charge in [0.2, 0.25) is 5.91 Å². The highest BCUT2D eigenvalue weighted by Gasteiger charge is 2.24. The number of nitrogen functional groups attached to an aromatic ring is 1. The normalized spacial score (nSPS) is 10.6. The minimum atomic E-state index is -1.21. The Morgan fingerprint density at radius 3 is 1.93 bits per heavy atom. The fourth-order valence-corrected chi connectivity index (χ4v) is 2.91. The van der Waals surface area contributed by atoms with Crippen LogP contribution in [0.5, 0.6) is 0 Å². The van der Waals surface area contributed by atoms with E-state index in [2.05, 4.69) is 6.92 Å². The van der Waals surface area contributed by atoms with Crippen LogP contribution in [-0.2, 0) is 9.59 Å². The maximum Gasteiger partial charge on any atom is 0.323 e. The van der Waals surface area contributed by atoms with Crippen LogP contribution in [0.4, 0.5) is 5.69 Å². The lowest BCUT2D eigenvalue weighted by Crippen LogP contribution is -2.40. The van der Waals surface area contributed by atoms with Crippen molar-refractivity contribution in [3.63, 3.8) is 0 Å². The second kappa shape index (κ2) is 12.9. The number of benzene rings is 1. The van der Waals surface area contributed by atoms with E-state index in [1.807, 2.05) is 0 Å². The first-order chi connectivity index (χ1) is 13.0. The Hall–Kier alpha value is -2.37. The van der Waals surface area contributed by atoms with E-state index in [1.54, 1.807) is 12.1 Å². The number of nitrogens with two attached hydrogens (primary N) is 1. The van der Waals surface area contributed by atoms with Crippen LogP contribution < -0.4 is 5.73 Å². The number of carbonyl (C=O) groups excluding carboxylic acids is 2. The number of nitrogens with zero attached hydrogens (tertiary/aromatic N) is 1. The number of anilines is 1. The van der Waals surface area contributed by atoms with Crippen molar-refractivity contribution in [3.8, 4) is 0 Å². The fraction of sp³-hybridized carbons (Fsp3) is 0.571. The molecule has 0 aliphatic heterocycles. The van der Waals surface area contributed by atoms with Crippen molar-refractivity contribution in [1.82, 2.24) is 4.90 Å². The Bertz CT molecular complexity index is 599.